The number of aliphatic imine (C=N–C) groups is 1. The fraction of sp³-hybridized carbons (Fsp3) is 0.0784. The van der Waals surface area contributed by atoms with Gasteiger partial charge in [0.15, 0.2) is 0 Å². The molecule has 2 N–H and O–H groups in total. The summed E-state index contributed by atoms with van der Waals surface area (Å²) in [5.74, 6) is 0.862. The highest BCUT2D eigenvalue weighted by Gasteiger charge is 2.27. The normalized spacial score (nSPS) is 17.2. The van der Waals surface area contributed by atoms with E-state index in [2.05, 4.69) is 185 Å². The van der Waals surface area contributed by atoms with Crippen LogP contribution in [0.4, 0.5) is 0 Å². The van der Waals surface area contributed by atoms with Gasteiger partial charge in [-0.05, 0) is 72.0 Å². The molecule has 1 aliphatic heterocycles. The fourth-order valence-electron chi connectivity index (χ4n) is 9.10. The lowest BCUT2D eigenvalue weighted by Crippen LogP contribution is -2.49. The van der Waals surface area contributed by atoms with Gasteiger partial charge in [-0.15, -0.1) is 11.3 Å². The molecule has 0 saturated heterocycles. The number of nitrogens with one attached hydrogen (secondary N) is 2. The summed E-state index contributed by atoms with van der Waals surface area (Å²) in [6, 6.07) is 54.6. The topological polar surface area (TPSA) is 54.5 Å². The summed E-state index contributed by atoms with van der Waals surface area (Å²) in [4.78, 5) is 5.24. The van der Waals surface area contributed by atoms with Crippen LogP contribution in [0.25, 0.3) is 80.7 Å². The third kappa shape index (κ3) is 5.22. The second kappa shape index (κ2) is 12.9. The average Bonchev–Trinajstić information content (AvgIpc) is 3.96. The van der Waals surface area contributed by atoms with Crippen molar-refractivity contribution >= 4 is 81.1 Å². The molecule has 7 aromatic carbocycles. The molecule has 0 amide bonds. The Hall–Kier alpha value is -6.73. The van der Waals surface area contributed by atoms with Crippen molar-refractivity contribution in [3.8, 4) is 16.8 Å². The van der Waals surface area contributed by atoms with Gasteiger partial charge < -0.3 is 14.3 Å². The third-order valence-corrected chi connectivity index (χ3v) is 12.9. The van der Waals surface area contributed by atoms with E-state index in [1.165, 1.54) is 64.4 Å². The number of hydrogen-bond donors (Lipinski definition) is 2. The lowest BCUT2D eigenvalue weighted by atomic mass is 9.97. The minimum absolute atomic E-state index is 0.0764. The van der Waals surface area contributed by atoms with Gasteiger partial charge >= 0.3 is 0 Å². The van der Waals surface area contributed by atoms with Gasteiger partial charge in [0.25, 0.3) is 0 Å². The maximum atomic E-state index is 6.89. The highest BCUT2D eigenvalue weighted by atomic mass is 32.1. The first-order chi connectivity index (χ1) is 28.2. The molecule has 2 atom stereocenters. The zero-order chi connectivity index (χ0) is 37.5. The van der Waals surface area contributed by atoms with Crippen LogP contribution in [0.3, 0.4) is 0 Å². The van der Waals surface area contributed by atoms with Crippen LogP contribution in [0.15, 0.2) is 185 Å². The van der Waals surface area contributed by atoms with Gasteiger partial charge in [0.05, 0.1) is 11.0 Å². The van der Waals surface area contributed by atoms with Gasteiger partial charge in [-0.1, -0.05) is 127 Å². The number of furan rings is 1. The van der Waals surface area contributed by atoms with Crippen molar-refractivity contribution in [2.75, 3.05) is 0 Å². The Morgan fingerprint density at radius 1 is 0.649 bits per heavy atom. The predicted octanol–water partition coefficient (Wildman–Crippen LogP) is 13.0. The number of allylic oxidation sites excluding steroid dienone is 3. The van der Waals surface area contributed by atoms with E-state index in [1.807, 2.05) is 11.3 Å². The highest BCUT2D eigenvalue weighted by Crippen LogP contribution is 2.45. The zero-order valence-corrected chi connectivity index (χ0v) is 31.8. The molecular weight excluding hydrogens is 717 g/mol. The summed E-state index contributed by atoms with van der Waals surface area (Å²) in [6.45, 7) is 0. The number of amidine groups is 1. The van der Waals surface area contributed by atoms with Crippen LogP contribution in [0.5, 0.6) is 0 Å². The molecule has 1 aliphatic carbocycles. The Balaban J connectivity index is 0.969. The molecule has 3 aromatic heterocycles. The Bertz CT molecular complexity index is 3270. The molecule has 0 bridgehead atoms. The van der Waals surface area contributed by atoms with Crippen LogP contribution in [0.1, 0.15) is 30.1 Å². The lowest BCUT2D eigenvalue weighted by molar-refractivity contribution is 0.425. The molecule has 6 heteroatoms. The van der Waals surface area contributed by atoms with E-state index in [4.69, 9.17) is 9.41 Å². The number of aromatic nitrogens is 1. The van der Waals surface area contributed by atoms with Crippen LogP contribution in [0.2, 0.25) is 0 Å². The summed E-state index contributed by atoms with van der Waals surface area (Å²) in [6.07, 6.45) is 8.41. The average molecular weight is 753 g/mol. The van der Waals surface area contributed by atoms with Crippen molar-refractivity contribution in [3.05, 3.63) is 187 Å². The first-order valence-electron chi connectivity index (χ1n) is 19.7. The molecule has 0 fully saturated rings. The monoisotopic (exact) mass is 752 g/mol. The molecular formula is C51H36N4OS. The first-order valence-corrected chi connectivity index (χ1v) is 20.5. The zero-order valence-electron chi connectivity index (χ0n) is 30.9. The van der Waals surface area contributed by atoms with Crippen LogP contribution in [0, 0.1) is 0 Å². The number of benzene rings is 7. The second-order valence-corrected chi connectivity index (χ2v) is 16.2. The van der Waals surface area contributed by atoms with Crippen molar-refractivity contribution in [3.63, 3.8) is 0 Å². The molecule has 2 aliphatic rings. The highest BCUT2D eigenvalue weighted by molar-refractivity contribution is 7.26. The first kappa shape index (κ1) is 32.5. The van der Waals surface area contributed by atoms with Crippen molar-refractivity contribution < 1.29 is 4.42 Å². The van der Waals surface area contributed by atoms with Gasteiger partial charge in [0, 0.05) is 58.5 Å². The molecule has 0 spiro atoms. The van der Waals surface area contributed by atoms with Gasteiger partial charge in [-0.3, -0.25) is 5.32 Å². The Morgan fingerprint density at radius 2 is 1.40 bits per heavy atom. The molecule has 0 radical (unpaired) electrons. The van der Waals surface area contributed by atoms with Gasteiger partial charge in [-0.2, -0.15) is 0 Å². The minimum Gasteiger partial charge on any atom is -0.455 e. The molecule has 4 heterocycles. The predicted molar refractivity (Wildman–Crippen MR) is 239 cm³/mol. The molecule has 12 rings (SSSR count). The van der Waals surface area contributed by atoms with E-state index in [0.29, 0.717) is 0 Å². The number of thiophene rings is 1. The molecule has 272 valence electrons. The van der Waals surface area contributed by atoms with Crippen molar-refractivity contribution in [2.45, 2.75) is 25.2 Å². The van der Waals surface area contributed by atoms with Crippen LogP contribution < -0.4 is 10.6 Å². The van der Waals surface area contributed by atoms with Gasteiger partial charge in [0.2, 0.25) is 0 Å². The summed E-state index contributed by atoms with van der Waals surface area (Å²) in [5, 5.41) is 14.7. The molecule has 2 unspecified atom stereocenters. The van der Waals surface area contributed by atoms with Crippen molar-refractivity contribution in [1.82, 2.24) is 15.2 Å². The van der Waals surface area contributed by atoms with E-state index in [1.54, 1.807) is 0 Å². The van der Waals surface area contributed by atoms with E-state index in [9.17, 15) is 0 Å². The largest absolute Gasteiger partial charge is 0.455 e. The Morgan fingerprint density at radius 3 is 2.23 bits per heavy atom. The maximum absolute atomic E-state index is 6.89. The fourth-order valence-corrected chi connectivity index (χ4v) is 10.3. The van der Waals surface area contributed by atoms with E-state index < -0.39 is 0 Å². The maximum Gasteiger partial charge on any atom is 0.143 e. The Kier molecular flexibility index (Phi) is 7.37. The van der Waals surface area contributed by atoms with E-state index in [-0.39, 0.29) is 12.3 Å². The van der Waals surface area contributed by atoms with Crippen LogP contribution >= 0.6 is 11.3 Å². The SMILES string of the molecule is C1=CCCC(C2N=C(c3ccc4c(c3)oc3c(-c5cccc6sc7cc(-n8c9ccccc9c9ccccc98)ccc7c56)cccc34)NC(c3ccccc3)N2)=C1. The minimum atomic E-state index is -0.117. The number of para-hydroxylation sites is 3. The van der Waals surface area contributed by atoms with Crippen LogP contribution in [-0.2, 0) is 0 Å². The van der Waals surface area contributed by atoms with E-state index >= 15 is 0 Å². The lowest BCUT2D eigenvalue weighted by Gasteiger charge is -2.33. The van der Waals surface area contributed by atoms with Gasteiger partial charge in [0.1, 0.15) is 29.3 Å². The van der Waals surface area contributed by atoms with Gasteiger partial charge in [-0.25, -0.2) is 4.99 Å². The third-order valence-electron chi connectivity index (χ3n) is 11.8. The number of rotatable bonds is 5. The van der Waals surface area contributed by atoms with Crippen LogP contribution in [-0.4, -0.2) is 16.6 Å². The number of nitrogens with zero attached hydrogens (tertiary/aromatic N) is 2. The molecule has 10 aromatic rings. The quantitative estimate of drug-likeness (QED) is 0.184. The molecule has 5 nitrogen and oxygen atoms in total. The summed E-state index contributed by atoms with van der Waals surface area (Å²) in [7, 11) is 0. The Labute approximate surface area is 332 Å². The number of hydrogen-bond acceptors (Lipinski definition) is 5. The molecule has 0 saturated carbocycles. The smallest absolute Gasteiger partial charge is 0.143 e. The second-order valence-electron chi connectivity index (χ2n) is 15.1. The molecule has 57 heavy (non-hydrogen) atoms. The standard InChI is InChI=1S/C51H36N4OS/c1-3-13-31(14-4-1)49-52-50(32-15-5-2-6-16-32)54-51(53-49)33-25-27-37-39-20-11-21-40(48(39)56-44(37)29-33)38-19-12-24-45-47(38)41-28-26-34(30-46(41)57-45)55-42-22-9-7-17-35(42)36-18-8-10-23-43(36)55/h1-5,7-15,17-30,49-50,52H,6,16H2,(H,53,54). The van der Waals surface area contributed by atoms with Crippen molar-refractivity contribution in [1.29, 1.82) is 0 Å². The number of fused-ring (bicyclic) bond motifs is 9. The van der Waals surface area contributed by atoms with Crippen molar-refractivity contribution in [2.24, 2.45) is 4.99 Å². The van der Waals surface area contributed by atoms with E-state index in [0.717, 1.165) is 51.7 Å². The summed E-state index contributed by atoms with van der Waals surface area (Å²) < 4.78 is 11.8. The summed E-state index contributed by atoms with van der Waals surface area (Å²) >= 11 is 1.85. The summed E-state index contributed by atoms with van der Waals surface area (Å²) in [5.41, 5.74) is 11.1.